The van der Waals surface area contributed by atoms with Crippen molar-refractivity contribution in [2.24, 2.45) is 5.92 Å². The molecule has 0 aliphatic carbocycles. The molecule has 0 radical (unpaired) electrons. The number of nitrogens with one attached hydrogen (secondary N) is 1. The Morgan fingerprint density at radius 2 is 1.97 bits per heavy atom. The van der Waals surface area contributed by atoms with Crippen LogP contribution in [0.25, 0.3) is 0 Å². The summed E-state index contributed by atoms with van der Waals surface area (Å²) in [6.45, 7) is 4.47. The SMILES string of the molecule is CCOC(=O)c1ccc(C)c(NC(=O)C2CCN(S(=O)(=O)c3cccs3)CC2)c1. The number of rotatable bonds is 6. The van der Waals surface area contributed by atoms with E-state index in [9.17, 15) is 18.0 Å². The van der Waals surface area contributed by atoms with Gasteiger partial charge in [0.05, 0.1) is 12.2 Å². The lowest BCUT2D eigenvalue weighted by Gasteiger charge is -2.30. The second kappa shape index (κ2) is 9.06. The highest BCUT2D eigenvalue weighted by molar-refractivity contribution is 7.91. The van der Waals surface area contributed by atoms with Crippen molar-refractivity contribution in [1.82, 2.24) is 4.31 Å². The molecule has 1 aliphatic heterocycles. The molecule has 1 N–H and O–H groups in total. The quantitative estimate of drug-likeness (QED) is 0.702. The van der Waals surface area contributed by atoms with Crippen LogP contribution < -0.4 is 5.32 Å². The van der Waals surface area contributed by atoms with Crippen molar-refractivity contribution in [2.45, 2.75) is 30.9 Å². The lowest BCUT2D eigenvalue weighted by atomic mass is 9.97. The van der Waals surface area contributed by atoms with Crippen molar-refractivity contribution < 1.29 is 22.7 Å². The Morgan fingerprint density at radius 3 is 2.59 bits per heavy atom. The Kier molecular flexibility index (Phi) is 6.71. The topological polar surface area (TPSA) is 92.8 Å². The van der Waals surface area contributed by atoms with E-state index in [-0.39, 0.29) is 18.4 Å². The van der Waals surface area contributed by atoms with Gasteiger partial charge in [-0.2, -0.15) is 4.31 Å². The van der Waals surface area contributed by atoms with Crippen LogP contribution in [0.5, 0.6) is 0 Å². The van der Waals surface area contributed by atoms with Gasteiger partial charge in [-0.1, -0.05) is 12.1 Å². The van der Waals surface area contributed by atoms with Crippen LogP contribution in [-0.4, -0.2) is 44.3 Å². The summed E-state index contributed by atoms with van der Waals surface area (Å²) in [6, 6.07) is 8.35. The number of carbonyl (C=O) groups is 2. The van der Waals surface area contributed by atoms with Gasteiger partial charge in [-0.05, 0) is 55.8 Å². The maximum atomic E-state index is 12.7. The molecule has 9 heteroatoms. The largest absolute Gasteiger partial charge is 0.462 e. The first-order chi connectivity index (χ1) is 13.8. The highest BCUT2D eigenvalue weighted by Gasteiger charge is 2.32. The number of ether oxygens (including phenoxy) is 1. The van der Waals surface area contributed by atoms with Gasteiger partial charge in [0.25, 0.3) is 10.0 Å². The first kappa shape index (κ1) is 21.5. The number of esters is 1. The second-order valence-corrected chi connectivity index (χ2v) is 9.96. The Balaban J connectivity index is 1.63. The van der Waals surface area contributed by atoms with E-state index in [0.717, 1.165) is 5.56 Å². The predicted molar refractivity (Wildman–Crippen MR) is 112 cm³/mol. The number of sulfonamides is 1. The monoisotopic (exact) mass is 436 g/mol. The number of piperidine rings is 1. The first-order valence-corrected chi connectivity index (χ1v) is 11.8. The van der Waals surface area contributed by atoms with E-state index in [4.69, 9.17) is 4.74 Å². The molecule has 0 atom stereocenters. The van der Waals surface area contributed by atoms with Gasteiger partial charge in [-0.15, -0.1) is 11.3 Å². The molecule has 29 heavy (non-hydrogen) atoms. The summed E-state index contributed by atoms with van der Waals surface area (Å²) in [5.41, 5.74) is 1.78. The molecule has 0 spiro atoms. The summed E-state index contributed by atoms with van der Waals surface area (Å²) >= 11 is 1.19. The molecule has 1 fully saturated rings. The number of benzene rings is 1. The fourth-order valence-corrected chi connectivity index (χ4v) is 5.84. The minimum absolute atomic E-state index is 0.165. The van der Waals surface area contributed by atoms with Crippen molar-refractivity contribution in [3.05, 3.63) is 46.8 Å². The summed E-state index contributed by atoms with van der Waals surface area (Å²) in [6.07, 6.45) is 0.903. The Labute approximate surface area is 174 Å². The van der Waals surface area contributed by atoms with Crippen LogP contribution in [0.2, 0.25) is 0 Å². The average molecular weight is 437 g/mol. The third kappa shape index (κ3) is 4.85. The Hall–Kier alpha value is -2.23. The molecule has 2 heterocycles. The average Bonchev–Trinajstić information content (AvgIpc) is 3.25. The highest BCUT2D eigenvalue weighted by atomic mass is 32.2. The van der Waals surface area contributed by atoms with Gasteiger partial charge in [0.15, 0.2) is 0 Å². The van der Waals surface area contributed by atoms with Gasteiger partial charge < -0.3 is 10.1 Å². The van der Waals surface area contributed by atoms with Crippen molar-refractivity contribution in [2.75, 3.05) is 25.0 Å². The third-order valence-corrected chi connectivity index (χ3v) is 8.19. The van der Waals surface area contributed by atoms with Crippen molar-refractivity contribution in [3.8, 4) is 0 Å². The van der Waals surface area contributed by atoms with E-state index in [1.165, 1.54) is 15.6 Å². The lowest BCUT2D eigenvalue weighted by molar-refractivity contribution is -0.120. The van der Waals surface area contributed by atoms with Gasteiger partial charge >= 0.3 is 5.97 Å². The van der Waals surface area contributed by atoms with Gasteiger partial charge in [0.1, 0.15) is 4.21 Å². The Morgan fingerprint density at radius 1 is 1.24 bits per heavy atom. The number of thiophene rings is 1. The number of amides is 1. The van der Waals surface area contributed by atoms with Gasteiger partial charge in [0, 0.05) is 24.7 Å². The second-order valence-electron chi connectivity index (χ2n) is 6.85. The summed E-state index contributed by atoms with van der Waals surface area (Å²) in [4.78, 5) is 24.6. The minimum atomic E-state index is -3.49. The number of hydrogen-bond donors (Lipinski definition) is 1. The minimum Gasteiger partial charge on any atom is -0.462 e. The van der Waals surface area contributed by atoms with Crippen LogP contribution in [0, 0.1) is 12.8 Å². The van der Waals surface area contributed by atoms with E-state index >= 15 is 0 Å². The zero-order valence-electron chi connectivity index (χ0n) is 16.4. The molecular formula is C20H24N2O5S2. The molecule has 0 saturated carbocycles. The molecular weight excluding hydrogens is 412 g/mol. The zero-order valence-corrected chi connectivity index (χ0v) is 18.0. The van der Waals surface area contributed by atoms with Crippen molar-refractivity contribution >= 4 is 38.9 Å². The molecule has 1 amide bonds. The molecule has 1 aliphatic rings. The van der Waals surface area contributed by atoms with Crippen molar-refractivity contribution in [3.63, 3.8) is 0 Å². The summed E-state index contributed by atoms with van der Waals surface area (Å²) in [5.74, 6) is -0.882. The van der Waals surface area contributed by atoms with Gasteiger partial charge in [0.2, 0.25) is 5.91 Å². The first-order valence-electron chi connectivity index (χ1n) is 9.45. The molecule has 0 unspecified atom stereocenters. The number of nitrogens with zero attached hydrogens (tertiary/aromatic N) is 1. The normalized spacial score (nSPS) is 15.8. The van der Waals surface area contributed by atoms with E-state index in [1.54, 1.807) is 42.6 Å². The fourth-order valence-electron chi connectivity index (χ4n) is 3.23. The van der Waals surface area contributed by atoms with E-state index in [0.29, 0.717) is 41.4 Å². The van der Waals surface area contributed by atoms with Crippen molar-refractivity contribution in [1.29, 1.82) is 0 Å². The molecule has 156 valence electrons. The van der Waals surface area contributed by atoms with Crippen LogP contribution in [0.4, 0.5) is 5.69 Å². The van der Waals surface area contributed by atoms with E-state index < -0.39 is 16.0 Å². The molecule has 2 aromatic rings. The van der Waals surface area contributed by atoms with E-state index in [1.807, 2.05) is 6.92 Å². The summed E-state index contributed by atoms with van der Waals surface area (Å²) in [5, 5.41) is 4.62. The molecule has 1 saturated heterocycles. The van der Waals surface area contributed by atoms with Crippen LogP contribution in [0.15, 0.2) is 39.9 Å². The van der Waals surface area contributed by atoms with Gasteiger partial charge in [-0.3, -0.25) is 4.79 Å². The molecule has 1 aromatic heterocycles. The maximum Gasteiger partial charge on any atom is 0.338 e. The smallest absolute Gasteiger partial charge is 0.338 e. The molecule has 3 rings (SSSR count). The number of hydrogen-bond acceptors (Lipinski definition) is 6. The predicted octanol–water partition coefficient (Wildman–Crippen LogP) is 3.27. The van der Waals surface area contributed by atoms with Crippen LogP contribution >= 0.6 is 11.3 Å². The summed E-state index contributed by atoms with van der Waals surface area (Å²) in [7, 11) is -3.49. The van der Waals surface area contributed by atoms with Crippen LogP contribution in [0.3, 0.4) is 0 Å². The highest BCUT2D eigenvalue weighted by Crippen LogP contribution is 2.27. The third-order valence-electron chi connectivity index (χ3n) is 4.92. The molecule has 7 nitrogen and oxygen atoms in total. The Bertz CT molecular complexity index is 978. The number of anilines is 1. The fraction of sp³-hybridized carbons (Fsp3) is 0.400. The molecule has 0 bridgehead atoms. The lowest BCUT2D eigenvalue weighted by Crippen LogP contribution is -2.41. The standard InChI is InChI=1S/C20H24N2O5S2/c1-3-27-20(24)16-7-6-14(2)17(13-16)21-19(23)15-8-10-22(11-9-15)29(25,26)18-5-4-12-28-18/h4-7,12-13,15H,3,8-11H2,1-2H3,(H,21,23). The van der Waals surface area contributed by atoms with Crippen LogP contribution in [0.1, 0.15) is 35.7 Å². The number of carbonyl (C=O) groups excluding carboxylic acids is 2. The molecule has 1 aromatic carbocycles. The zero-order chi connectivity index (χ0) is 21.0. The maximum absolute atomic E-state index is 12.7. The van der Waals surface area contributed by atoms with E-state index in [2.05, 4.69) is 5.32 Å². The summed E-state index contributed by atoms with van der Waals surface area (Å²) < 4.78 is 32.0. The van der Waals surface area contributed by atoms with Crippen LogP contribution in [-0.2, 0) is 19.6 Å². The number of aryl methyl sites for hydroxylation is 1. The van der Waals surface area contributed by atoms with Gasteiger partial charge in [-0.25, -0.2) is 13.2 Å².